The standard InChI is InChI=1S/C25H22F4N4O3/c26-18-7-5-17(6-8-18)21(15-34)32-23(35)12-11-22-31-20-2-1-13-30-24(20)33(22)14-16-3-9-19(10-4-16)36-25(27,28)29/h1-10,13,21,34H,11-12,14-15H2,(H,32,35). The summed E-state index contributed by atoms with van der Waals surface area (Å²) in [6.45, 7) is -0.0839. The third-order valence-electron chi connectivity index (χ3n) is 5.45. The maximum atomic E-state index is 13.2. The highest BCUT2D eigenvalue weighted by molar-refractivity contribution is 5.77. The van der Waals surface area contributed by atoms with Crippen LogP contribution < -0.4 is 10.1 Å². The molecule has 1 amide bonds. The number of nitrogens with one attached hydrogen (secondary N) is 1. The van der Waals surface area contributed by atoms with E-state index in [1.165, 1.54) is 48.5 Å². The number of ether oxygens (including phenoxy) is 1. The van der Waals surface area contributed by atoms with E-state index in [1.54, 1.807) is 22.9 Å². The predicted octanol–water partition coefficient (Wildman–Crippen LogP) is 4.30. The molecule has 2 aromatic heterocycles. The summed E-state index contributed by atoms with van der Waals surface area (Å²) in [7, 11) is 0. The number of amides is 1. The van der Waals surface area contributed by atoms with Crippen LogP contribution in [-0.2, 0) is 17.8 Å². The molecule has 0 saturated carbocycles. The Morgan fingerprint density at radius 1 is 1.08 bits per heavy atom. The molecule has 0 radical (unpaired) electrons. The summed E-state index contributed by atoms with van der Waals surface area (Å²) in [6.07, 6.45) is -2.87. The van der Waals surface area contributed by atoms with Crippen LogP contribution in [0.3, 0.4) is 0 Å². The number of pyridine rings is 1. The number of rotatable bonds is 9. The molecule has 0 aliphatic heterocycles. The highest BCUT2D eigenvalue weighted by Crippen LogP contribution is 2.24. The van der Waals surface area contributed by atoms with Crippen LogP contribution in [0.4, 0.5) is 17.6 Å². The highest BCUT2D eigenvalue weighted by Gasteiger charge is 2.31. The molecule has 0 fully saturated rings. The number of imidazole rings is 1. The number of hydrogen-bond acceptors (Lipinski definition) is 5. The van der Waals surface area contributed by atoms with Crippen molar-refractivity contribution in [1.29, 1.82) is 0 Å². The van der Waals surface area contributed by atoms with Gasteiger partial charge in [-0.1, -0.05) is 24.3 Å². The molecule has 0 saturated heterocycles. The first-order valence-electron chi connectivity index (χ1n) is 11.0. The normalized spacial score (nSPS) is 12.5. The Morgan fingerprint density at radius 3 is 2.47 bits per heavy atom. The van der Waals surface area contributed by atoms with Gasteiger partial charge >= 0.3 is 6.36 Å². The topological polar surface area (TPSA) is 89.3 Å². The molecule has 2 heterocycles. The molecule has 0 aliphatic rings. The van der Waals surface area contributed by atoms with Crippen LogP contribution in [0.25, 0.3) is 11.2 Å². The van der Waals surface area contributed by atoms with Crippen molar-refractivity contribution in [1.82, 2.24) is 19.9 Å². The zero-order chi connectivity index (χ0) is 25.7. The fourth-order valence-corrected chi connectivity index (χ4v) is 3.76. The predicted molar refractivity (Wildman–Crippen MR) is 122 cm³/mol. The van der Waals surface area contributed by atoms with E-state index in [0.717, 1.165) is 0 Å². The second kappa shape index (κ2) is 10.7. The molecular weight excluding hydrogens is 480 g/mol. The number of benzene rings is 2. The number of carbonyl (C=O) groups excluding carboxylic acids is 1. The van der Waals surface area contributed by atoms with Gasteiger partial charge in [-0.15, -0.1) is 13.2 Å². The van der Waals surface area contributed by atoms with Crippen LogP contribution >= 0.6 is 0 Å². The first-order chi connectivity index (χ1) is 17.2. The zero-order valence-electron chi connectivity index (χ0n) is 18.9. The molecule has 0 bridgehead atoms. The number of aliphatic hydroxyl groups is 1. The van der Waals surface area contributed by atoms with Gasteiger partial charge in [0.1, 0.15) is 22.9 Å². The lowest BCUT2D eigenvalue weighted by Gasteiger charge is -2.17. The molecule has 2 aromatic carbocycles. The van der Waals surface area contributed by atoms with E-state index in [9.17, 15) is 27.5 Å². The van der Waals surface area contributed by atoms with Gasteiger partial charge in [-0.3, -0.25) is 4.79 Å². The van der Waals surface area contributed by atoms with Crippen LogP contribution in [0.1, 0.15) is 29.4 Å². The van der Waals surface area contributed by atoms with E-state index in [0.29, 0.717) is 28.1 Å². The smallest absolute Gasteiger partial charge is 0.406 e. The summed E-state index contributed by atoms with van der Waals surface area (Å²) in [5.41, 5.74) is 2.45. The van der Waals surface area contributed by atoms with Crippen molar-refractivity contribution in [2.45, 2.75) is 31.8 Å². The van der Waals surface area contributed by atoms with Crippen LogP contribution in [0.15, 0.2) is 66.9 Å². The van der Waals surface area contributed by atoms with Gasteiger partial charge in [0, 0.05) is 19.0 Å². The van der Waals surface area contributed by atoms with Crippen molar-refractivity contribution >= 4 is 17.1 Å². The summed E-state index contributed by atoms with van der Waals surface area (Å²) in [4.78, 5) is 21.5. The number of nitrogens with zero attached hydrogens (tertiary/aromatic N) is 3. The average molecular weight is 502 g/mol. The van der Waals surface area contributed by atoms with Gasteiger partial charge in [-0.2, -0.15) is 0 Å². The summed E-state index contributed by atoms with van der Waals surface area (Å²) < 4.78 is 56.2. The molecule has 36 heavy (non-hydrogen) atoms. The molecule has 4 rings (SSSR count). The van der Waals surface area contributed by atoms with Crippen molar-refractivity contribution in [2.75, 3.05) is 6.61 Å². The van der Waals surface area contributed by atoms with Crippen molar-refractivity contribution < 1.29 is 32.2 Å². The second-order valence-electron chi connectivity index (χ2n) is 8.01. The minimum Gasteiger partial charge on any atom is -0.406 e. The first kappa shape index (κ1) is 25.1. The minimum absolute atomic E-state index is 0.0549. The molecule has 4 aromatic rings. The lowest BCUT2D eigenvalue weighted by molar-refractivity contribution is -0.274. The number of halogens is 4. The second-order valence-corrected chi connectivity index (χ2v) is 8.01. The van der Waals surface area contributed by atoms with Crippen molar-refractivity contribution in [3.05, 3.63) is 89.6 Å². The Balaban J connectivity index is 1.47. The van der Waals surface area contributed by atoms with Crippen LogP contribution in [0.2, 0.25) is 0 Å². The maximum absolute atomic E-state index is 13.2. The number of alkyl halides is 3. The quantitative estimate of drug-likeness (QED) is 0.333. The van der Waals surface area contributed by atoms with E-state index in [2.05, 4.69) is 20.0 Å². The molecule has 0 spiro atoms. The fraction of sp³-hybridized carbons (Fsp3) is 0.240. The summed E-state index contributed by atoms with van der Waals surface area (Å²) in [5, 5.41) is 12.4. The van der Waals surface area contributed by atoms with Gasteiger partial charge in [-0.25, -0.2) is 14.4 Å². The Bertz CT molecular complexity index is 1320. The van der Waals surface area contributed by atoms with Crippen LogP contribution in [0.5, 0.6) is 5.75 Å². The van der Waals surface area contributed by atoms with E-state index in [1.807, 2.05) is 0 Å². The van der Waals surface area contributed by atoms with E-state index in [4.69, 9.17) is 0 Å². The molecule has 0 aliphatic carbocycles. The van der Waals surface area contributed by atoms with Gasteiger partial charge in [0.05, 0.1) is 19.2 Å². The van der Waals surface area contributed by atoms with Crippen molar-refractivity contribution in [2.24, 2.45) is 0 Å². The first-order valence-corrected chi connectivity index (χ1v) is 11.0. The van der Waals surface area contributed by atoms with Crippen LogP contribution in [0, 0.1) is 5.82 Å². The van der Waals surface area contributed by atoms with Gasteiger partial charge in [-0.05, 0) is 47.5 Å². The molecule has 1 unspecified atom stereocenters. The molecule has 1 atom stereocenters. The van der Waals surface area contributed by atoms with Gasteiger partial charge < -0.3 is 19.7 Å². The molecule has 7 nitrogen and oxygen atoms in total. The van der Waals surface area contributed by atoms with Gasteiger partial charge in [0.2, 0.25) is 5.91 Å². The van der Waals surface area contributed by atoms with Crippen molar-refractivity contribution in [3.8, 4) is 5.75 Å². The molecule has 11 heteroatoms. The fourth-order valence-electron chi connectivity index (χ4n) is 3.76. The van der Waals surface area contributed by atoms with Crippen LogP contribution in [-0.4, -0.2) is 38.5 Å². The van der Waals surface area contributed by atoms with Crippen molar-refractivity contribution in [3.63, 3.8) is 0 Å². The Labute approximate surface area is 203 Å². The number of aryl methyl sites for hydroxylation is 1. The monoisotopic (exact) mass is 502 g/mol. The van der Waals surface area contributed by atoms with E-state index in [-0.39, 0.29) is 37.6 Å². The minimum atomic E-state index is -4.77. The molecule has 2 N–H and O–H groups in total. The number of aliphatic hydroxyl groups excluding tert-OH is 1. The Morgan fingerprint density at radius 2 is 1.81 bits per heavy atom. The lowest BCUT2D eigenvalue weighted by Crippen LogP contribution is -2.31. The largest absolute Gasteiger partial charge is 0.573 e. The summed E-state index contributed by atoms with van der Waals surface area (Å²) in [6, 6.07) is 13.8. The average Bonchev–Trinajstić information content (AvgIpc) is 3.19. The highest BCUT2D eigenvalue weighted by atomic mass is 19.4. The number of aromatic nitrogens is 3. The SMILES string of the molecule is O=C(CCc1nc2cccnc2n1Cc1ccc(OC(F)(F)F)cc1)NC(CO)c1ccc(F)cc1. The molecule has 188 valence electrons. The van der Waals surface area contributed by atoms with Gasteiger partial charge in [0.25, 0.3) is 0 Å². The molecular formula is C25H22F4N4O3. The number of carbonyl (C=O) groups is 1. The zero-order valence-corrected chi connectivity index (χ0v) is 18.9. The van der Waals surface area contributed by atoms with Gasteiger partial charge in [0.15, 0.2) is 5.65 Å². The maximum Gasteiger partial charge on any atom is 0.573 e. The lowest BCUT2D eigenvalue weighted by atomic mass is 10.1. The Hall–Kier alpha value is -3.99. The third-order valence-corrected chi connectivity index (χ3v) is 5.45. The summed E-state index contributed by atoms with van der Waals surface area (Å²) >= 11 is 0. The number of hydrogen-bond donors (Lipinski definition) is 2. The van der Waals surface area contributed by atoms with E-state index >= 15 is 0 Å². The number of fused-ring (bicyclic) bond motifs is 1. The van der Waals surface area contributed by atoms with E-state index < -0.39 is 18.2 Å². The third kappa shape index (κ3) is 6.36. The summed E-state index contributed by atoms with van der Waals surface area (Å²) in [5.74, 6) is -0.511. The Kier molecular flexibility index (Phi) is 7.49.